The first-order chi connectivity index (χ1) is 20.9. The molecule has 1 amide bonds. The van der Waals surface area contributed by atoms with Gasteiger partial charge >= 0.3 is 0 Å². The van der Waals surface area contributed by atoms with Gasteiger partial charge < -0.3 is 4.74 Å². The van der Waals surface area contributed by atoms with Crippen molar-refractivity contribution in [2.24, 2.45) is 4.99 Å². The lowest BCUT2D eigenvalue weighted by Crippen LogP contribution is -2.28. The van der Waals surface area contributed by atoms with E-state index in [1.165, 1.54) is 35.0 Å². The number of benzene rings is 4. The number of aliphatic imine (C=N–C) groups is 1. The lowest BCUT2D eigenvalue weighted by atomic mass is 10.1. The van der Waals surface area contributed by atoms with Gasteiger partial charge in [0, 0.05) is 0 Å². The fourth-order valence-corrected chi connectivity index (χ4v) is 6.37. The highest BCUT2D eigenvalue weighted by molar-refractivity contribution is 9.10. The van der Waals surface area contributed by atoms with Crippen molar-refractivity contribution < 1.29 is 13.9 Å². The summed E-state index contributed by atoms with van der Waals surface area (Å²) in [4.78, 5) is 21.0. The maximum Gasteiger partial charge on any atom is 0.271 e. The average molecular weight is 656 g/mol. The summed E-state index contributed by atoms with van der Waals surface area (Å²) in [7, 11) is 0. The largest absolute Gasteiger partial charge is 0.487 e. The number of rotatable bonds is 10. The number of thioether (sulfide) groups is 1. The lowest BCUT2D eigenvalue weighted by Gasteiger charge is -2.16. The van der Waals surface area contributed by atoms with Crippen molar-refractivity contribution in [1.29, 1.82) is 0 Å². The van der Waals surface area contributed by atoms with Crippen LogP contribution in [0.1, 0.15) is 41.7 Å². The molecule has 5 rings (SSSR count). The van der Waals surface area contributed by atoms with E-state index in [0.29, 0.717) is 22.2 Å². The molecule has 4 aromatic carbocycles. The Hall–Kier alpha value is -3.94. The smallest absolute Gasteiger partial charge is 0.271 e. The van der Waals surface area contributed by atoms with Crippen LogP contribution in [0.3, 0.4) is 0 Å². The Morgan fingerprint density at radius 2 is 1.65 bits per heavy atom. The number of halogens is 2. The van der Waals surface area contributed by atoms with E-state index in [1.54, 1.807) is 17.0 Å². The van der Waals surface area contributed by atoms with Crippen molar-refractivity contribution in [2.45, 2.75) is 39.7 Å². The minimum Gasteiger partial charge on any atom is -0.487 e. The summed E-state index contributed by atoms with van der Waals surface area (Å²) in [6.45, 7) is 8.35. The van der Waals surface area contributed by atoms with E-state index in [4.69, 9.17) is 9.73 Å². The van der Waals surface area contributed by atoms with Gasteiger partial charge in [0.05, 0.1) is 20.8 Å². The number of hydrogen-bond donors (Lipinski definition) is 0. The van der Waals surface area contributed by atoms with E-state index in [0.717, 1.165) is 45.4 Å². The zero-order valence-corrected chi connectivity index (χ0v) is 26.6. The van der Waals surface area contributed by atoms with Crippen LogP contribution in [0.15, 0.2) is 112 Å². The summed E-state index contributed by atoms with van der Waals surface area (Å²) in [5.41, 5.74) is 6.48. The number of amidine groups is 1. The number of aryl methyl sites for hydroxylation is 2. The van der Waals surface area contributed by atoms with Crippen LogP contribution >= 0.6 is 27.7 Å². The molecule has 0 spiro atoms. The molecule has 7 heteroatoms. The van der Waals surface area contributed by atoms with Crippen molar-refractivity contribution >= 4 is 56.2 Å². The second-order valence-electron chi connectivity index (χ2n) is 10.1. The Labute approximate surface area is 265 Å². The molecule has 43 heavy (non-hydrogen) atoms. The van der Waals surface area contributed by atoms with Crippen molar-refractivity contribution in [3.8, 4) is 5.75 Å². The first-order valence-corrected chi connectivity index (χ1v) is 15.8. The van der Waals surface area contributed by atoms with Gasteiger partial charge in [0.25, 0.3) is 5.91 Å². The zero-order valence-electron chi connectivity index (χ0n) is 24.1. The number of amides is 1. The Morgan fingerprint density at radius 1 is 0.953 bits per heavy atom. The molecular formula is C36H32BrFN2O2S. The predicted molar refractivity (Wildman–Crippen MR) is 181 cm³/mol. The lowest BCUT2D eigenvalue weighted by molar-refractivity contribution is -0.113. The molecule has 0 N–H and O–H groups in total. The van der Waals surface area contributed by atoms with Crippen molar-refractivity contribution in [2.75, 3.05) is 4.90 Å². The van der Waals surface area contributed by atoms with Crippen LogP contribution in [-0.4, -0.2) is 11.1 Å². The highest BCUT2D eigenvalue weighted by atomic mass is 79.9. The van der Waals surface area contributed by atoms with Gasteiger partial charge in [-0.3, -0.25) is 9.69 Å². The number of ether oxygens (including phenoxy) is 1. The molecule has 0 aliphatic carbocycles. The summed E-state index contributed by atoms with van der Waals surface area (Å²) in [5.74, 6) is 0.224. The number of anilines is 1. The molecule has 1 aliphatic heterocycles. The van der Waals surface area contributed by atoms with E-state index >= 15 is 0 Å². The molecule has 1 fully saturated rings. The summed E-state index contributed by atoms with van der Waals surface area (Å²) in [6, 6.07) is 26.4. The topological polar surface area (TPSA) is 41.9 Å². The Morgan fingerprint density at radius 3 is 2.30 bits per heavy atom. The van der Waals surface area contributed by atoms with E-state index in [9.17, 15) is 9.18 Å². The molecule has 218 valence electrons. The third-order valence-electron chi connectivity index (χ3n) is 7.06. The SMILES string of the molecule is C=CCc1cc(/C=C2\SC(=Nc3ccc(CC)cc3)N(c3ccc(CC)cc3)C2=O)cc(Br)c1OCc1cccc(F)c1. The third-order valence-corrected chi connectivity index (χ3v) is 8.61. The average Bonchev–Trinajstić information content (AvgIpc) is 3.31. The van der Waals surface area contributed by atoms with Gasteiger partial charge in [-0.1, -0.05) is 56.3 Å². The van der Waals surface area contributed by atoms with Gasteiger partial charge in [0.15, 0.2) is 5.17 Å². The summed E-state index contributed by atoms with van der Waals surface area (Å²) in [5, 5.41) is 0.602. The minimum absolute atomic E-state index is 0.133. The van der Waals surface area contributed by atoms with Crippen molar-refractivity contribution in [1.82, 2.24) is 0 Å². The highest BCUT2D eigenvalue weighted by Crippen LogP contribution is 2.39. The molecule has 0 unspecified atom stereocenters. The maximum absolute atomic E-state index is 13.9. The molecule has 0 aromatic heterocycles. The summed E-state index contributed by atoms with van der Waals surface area (Å²) in [6.07, 6.45) is 6.12. The minimum atomic E-state index is -0.302. The van der Waals surface area contributed by atoms with Gasteiger partial charge in [-0.15, -0.1) is 6.58 Å². The van der Waals surface area contributed by atoms with Gasteiger partial charge in [0.1, 0.15) is 18.2 Å². The van der Waals surface area contributed by atoms with Crippen molar-refractivity contribution in [3.05, 3.63) is 141 Å². The number of allylic oxidation sites excluding steroid dienone is 1. The molecular weight excluding hydrogens is 623 g/mol. The molecule has 4 aromatic rings. The van der Waals surface area contributed by atoms with Gasteiger partial charge in [-0.25, -0.2) is 9.38 Å². The molecule has 0 atom stereocenters. The Kier molecular flexibility index (Phi) is 9.95. The van der Waals surface area contributed by atoms with E-state index < -0.39 is 0 Å². The second kappa shape index (κ2) is 14.0. The Balaban J connectivity index is 1.49. The van der Waals surface area contributed by atoms with E-state index in [2.05, 4.69) is 48.5 Å². The van der Waals surface area contributed by atoms with Crippen molar-refractivity contribution in [3.63, 3.8) is 0 Å². The fourth-order valence-electron chi connectivity index (χ4n) is 4.73. The second-order valence-corrected chi connectivity index (χ2v) is 12.0. The molecule has 1 heterocycles. The van der Waals surface area contributed by atoms with Gasteiger partial charge in [-0.05, 0) is 129 Å². The summed E-state index contributed by atoms with van der Waals surface area (Å²) < 4.78 is 20.5. The number of hydrogen-bond acceptors (Lipinski definition) is 4. The first-order valence-electron chi connectivity index (χ1n) is 14.2. The number of nitrogens with zero attached hydrogens (tertiary/aromatic N) is 2. The number of carbonyl (C=O) groups excluding carboxylic acids is 1. The van der Waals surface area contributed by atoms with Crippen LogP contribution in [0.5, 0.6) is 5.75 Å². The predicted octanol–water partition coefficient (Wildman–Crippen LogP) is 9.83. The number of carbonyl (C=O) groups is 1. The normalized spacial score (nSPS) is 15.0. The van der Waals surface area contributed by atoms with Crippen LogP contribution in [0.2, 0.25) is 0 Å². The van der Waals surface area contributed by atoms with E-state index in [1.807, 2.05) is 60.7 Å². The highest BCUT2D eigenvalue weighted by Gasteiger charge is 2.35. The maximum atomic E-state index is 13.9. The molecule has 4 nitrogen and oxygen atoms in total. The molecule has 0 radical (unpaired) electrons. The monoisotopic (exact) mass is 654 g/mol. The van der Waals surface area contributed by atoms with Gasteiger partial charge in [-0.2, -0.15) is 0 Å². The fraction of sp³-hybridized carbons (Fsp3) is 0.167. The van der Waals surface area contributed by atoms with Crippen LogP contribution in [0.4, 0.5) is 15.8 Å². The quantitative estimate of drug-likeness (QED) is 0.126. The Bertz CT molecular complexity index is 1700. The molecule has 1 aliphatic rings. The molecule has 0 bridgehead atoms. The first kappa shape index (κ1) is 30.5. The van der Waals surface area contributed by atoms with Gasteiger partial charge in [0.2, 0.25) is 0 Å². The molecule has 1 saturated heterocycles. The van der Waals surface area contributed by atoms with E-state index in [-0.39, 0.29) is 18.3 Å². The van der Waals surface area contributed by atoms with Crippen LogP contribution < -0.4 is 9.64 Å². The standard InChI is InChI=1S/C36H32BrFN2O2S/c1-4-8-28-19-27(21-32(37)34(28)42-23-26-9-7-10-29(38)20-26)22-33-35(41)40(31-17-13-25(6-3)14-18-31)36(43-33)39-30-15-11-24(5-2)12-16-30/h4,7,9-22H,1,5-6,8,23H2,2-3H3/b33-22-,39-36?. The zero-order chi connectivity index (χ0) is 30.3. The van der Waals surface area contributed by atoms with Crippen LogP contribution in [0.25, 0.3) is 6.08 Å². The summed E-state index contributed by atoms with van der Waals surface area (Å²) >= 11 is 5.02. The third kappa shape index (κ3) is 7.35. The van der Waals surface area contributed by atoms with Crippen LogP contribution in [0, 0.1) is 5.82 Å². The van der Waals surface area contributed by atoms with Crippen LogP contribution in [-0.2, 0) is 30.7 Å². The molecule has 0 saturated carbocycles.